The lowest BCUT2D eigenvalue weighted by Gasteiger charge is -2.18. The molecule has 0 atom stereocenters. The number of nitrogens with one attached hydrogen (secondary N) is 1. The zero-order chi connectivity index (χ0) is 21.0. The summed E-state index contributed by atoms with van der Waals surface area (Å²) in [5.41, 5.74) is -0.0419. The van der Waals surface area contributed by atoms with Gasteiger partial charge in [-0.1, -0.05) is 82.5 Å². The van der Waals surface area contributed by atoms with Gasteiger partial charge in [-0.2, -0.15) is 0 Å². The first-order chi connectivity index (χ1) is 13.1. The molecule has 1 N–H and O–H groups in total. The smallest absolute Gasteiger partial charge is 0.413 e. The van der Waals surface area contributed by atoms with Gasteiger partial charge < -0.3 is 4.74 Å². The van der Waals surface area contributed by atoms with E-state index in [0.29, 0.717) is 10.5 Å². The summed E-state index contributed by atoms with van der Waals surface area (Å²) in [4.78, 5) is 16.8. The first-order valence-electron chi connectivity index (χ1n) is 10.5. The lowest BCUT2D eigenvalue weighted by molar-refractivity contribution is 0.0636. The van der Waals surface area contributed by atoms with Crippen molar-refractivity contribution in [3.05, 3.63) is 11.1 Å². The van der Waals surface area contributed by atoms with Crippen molar-refractivity contribution in [3.8, 4) is 11.8 Å². The number of anilines is 1. The Morgan fingerprint density at radius 3 is 2.25 bits per heavy atom. The van der Waals surface area contributed by atoms with E-state index in [4.69, 9.17) is 4.74 Å². The van der Waals surface area contributed by atoms with Crippen molar-refractivity contribution in [2.24, 2.45) is 5.41 Å². The molecule has 0 aliphatic carbocycles. The highest BCUT2D eigenvalue weighted by Gasteiger charge is 2.17. The summed E-state index contributed by atoms with van der Waals surface area (Å²) >= 11 is 1.37. The highest BCUT2D eigenvalue weighted by atomic mass is 32.1. The molecule has 0 unspecified atom stereocenters. The maximum atomic E-state index is 11.7. The maximum Gasteiger partial charge on any atom is 0.413 e. The third-order valence-electron chi connectivity index (χ3n) is 4.05. The molecule has 1 aromatic heterocycles. The minimum absolute atomic E-state index is 0.476. The van der Waals surface area contributed by atoms with E-state index >= 15 is 0 Å². The van der Waals surface area contributed by atoms with Crippen molar-refractivity contribution in [2.75, 3.05) is 5.32 Å². The number of hydrogen-bond donors (Lipinski definition) is 1. The molecule has 4 nitrogen and oxygen atoms in total. The number of amides is 1. The first kappa shape index (κ1) is 24.5. The second-order valence-electron chi connectivity index (χ2n) is 9.49. The average molecular weight is 407 g/mol. The van der Waals surface area contributed by atoms with Crippen LogP contribution in [0.1, 0.15) is 104 Å². The van der Waals surface area contributed by atoms with Crippen molar-refractivity contribution in [2.45, 2.75) is 105 Å². The highest BCUT2D eigenvalue weighted by molar-refractivity contribution is 7.16. The average Bonchev–Trinajstić information content (AvgIpc) is 2.96. The molecule has 0 aliphatic heterocycles. The predicted molar refractivity (Wildman–Crippen MR) is 120 cm³/mol. The summed E-state index contributed by atoms with van der Waals surface area (Å²) in [5, 5.41) is 3.16. The predicted octanol–water partition coefficient (Wildman–Crippen LogP) is 7.40. The van der Waals surface area contributed by atoms with E-state index in [-0.39, 0.29) is 0 Å². The van der Waals surface area contributed by atoms with E-state index < -0.39 is 11.7 Å². The summed E-state index contributed by atoms with van der Waals surface area (Å²) in [7, 11) is 0. The molecule has 0 aromatic carbocycles. The summed E-state index contributed by atoms with van der Waals surface area (Å²) in [6, 6.07) is 0. The van der Waals surface area contributed by atoms with Gasteiger partial charge in [-0.05, 0) is 39.0 Å². The quantitative estimate of drug-likeness (QED) is 0.343. The molecule has 158 valence electrons. The summed E-state index contributed by atoms with van der Waals surface area (Å²) in [5.74, 6) is 6.34. The number of carbonyl (C=O) groups is 1. The molecule has 5 heteroatoms. The van der Waals surface area contributed by atoms with E-state index in [9.17, 15) is 4.79 Å². The second-order valence-corrected chi connectivity index (χ2v) is 10.5. The third-order valence-corrected chi connectivity index (χ3v) is 4.88. The van der Waals surface area contributed by atoms with Gasteiger partial charge >= 0.3 is 6.09 Å². The zero-order valence-electron chi connectivity index (χ0n) is 18.6. The number of ether oxygens (including phenoxy) is 1. The van der Waals surface area contributed by atoms with E-state index in [2.05, 4.69) is 42.9 Å². The molecular weight excluding hydrogens is 368 g/mol. The van der Waals surface area contributed by atoms with Gasteiger partial charge in [-0.3, -0.25) is 5.32 Å². The molecule has 28 heavy (non-hydrogen) atoms. The van der Waals surface area contributed by atoms with Crippen LogP contribution in [0.4, 0.5) is 9.93 Å². The molecular formula is C23H38N2O2S. The molecule has 0 saturated carbocycles. The normalized spacial score (nSPS) is 11.6. The fourth-order valence-corrected chi connectivity index (χ4v) is 3.36. The fraction of sp³-hybridized carbons (Fsp3) is 0.739. The molecule has 0 saturated heterocycles. The summed E-state index contributed by atoms with van der Waals surface area (Å²) in [6.45, 7) is 12.4. The van der Waals surface area contributed by atoms with E-state index in [1.54, 1.807) is 6.20 Å². The van der Waals surface area contributed by atoms with Crippen LogP contribution in [0, 0.1) is 17.3 Å². The summed E-state index contributed by atoms with van der Waals surface area (Å²) in [6.07, 6.45) is 12.6. The topological polar surface area (TPSA) is 51.2 Å². The Kier molecular flexibility index (Phi) is 10.6. The van der Waals surface area contributed by atoms with Crippen LogP contribution in [0.5, 0.6) is 0 Å². The molecule has 1 heterocycles. The van der Waals surface area contributed by atoms with Gasteiger partial charge in [-0.25, -0.2) is 9.78 Å². The lowest BCUT2D eigenvalue weighted by atomic mass is 9.89. The van der Waals surface area contributed by atoms with Crippen LogP contribution in [0.15, 0.2) is 6.20 Å². The van der Waals surface area contributed by atoms with Crippen molar-refractivity contribution in [1.82, 2.24) is 4.98 Å². The van der Waals surface area contributed by atoms with Crippen LogP contribution in [-0.2, 0) is 4.74 Å². The summed E-state index contributed by atoms with van der Waals surface area (Å²) < 4.78 is 5.21. The van der Waals surface area contributed by atoms with Gasteiger partial charge in [0.2, 0.25) is 0 Å². The van der Waals surface area contributed by atoms with Crippen LogP contribution >= 0.6 is 11.3 Å². The number of hydrogen-bond acceptors (Lipinski definition) is 4. The SMILES string of the molecule is CC(C)(C)CCCCCCCCCC#Cc1cnc(NC(=O)OC(C)(C)C)s1. The maximum absolute atomic E-state index is 11.7. The van der Waals surface area contributed by atoms with Crippen LogP contribution in [0.2, 0.25) is 0 Å². The molecule has 1 rings (SSSR count). The van der Waals surface area contributed by atoms with Crippen molar-refractivity contribution >= 4 is 22.6 Å². The van der Waals surface area contributed by atoms with Gasteiger partial charge in [0.25, 0.3) is 0 Å². The van der Waals surface area contributed by atoms with Crippen LogP contribution in [-0.4, -0.2) is 16.7 Å². The molecule has 1 aromatic rings. The fourth-order valence-electron chi connectivity index (χ4n) is 2.68. The van der Waals surface area contributed by atoms with Gasteiger partial charge in [0, 0.05) is 6.42 Å². The number of rotatable bonds is 9. The third kappa shape index (κ3) is 13.6. The Morgan fingerprint density at radius 1 is 1.04 bits per heavy atom. The molecule has 0 aliphatic rings. The largest absolute Gasteiger partial charge is 0.444 e. The van der Waals surface area contributed by atoms with E-state index in [1.165, 1.54) is 56.3 Å². The number of nitrogens with zero attached hydrogens (tertiary/aromatic N) is 1. The highest BCUT2D eigenvalue weighted by Crippen LogP contribution is 2.22. The van der Waals surface area contributed by atoms with E-state index in [0.717, 1.165) is 17.7 Å². The monoisotopic (exact) mass is 406 g/mol. The number of carbonyl (C=O) groups excluding carboxylic acids is 1. The first-order valence-corrected chi connectivity index (χ1v) is 11.3. The van der Waals surface area contributed by atoms with Crippen molar-refractivity contribution < 1.29 is 9.53 Å². The van der Waals surface area contributed by atoms with E-state index in [1.807, 2.05) is 20.8 Å². The molecule has 0 radical (unpaired) electrons. The minimum Gasteiger partial charge on any atom is -0.444 e. The van der Waals surface area contributed by atoms with Gasteiger partial charge in [-0.15, -0.1) is 0 Å². The number of aromatic nitrogens is 1. The minimum atomic E-state index is -0.517. The van der Waals surface area contributed by atoms with Crippen molar-refractivity contribution in [1.29, 1.82) is 0 Å². The Balaban J connectivity index is 2.11. The van der Waals surface area contributed by atoms with Gasteiger partial charge in [0.05, 0.1) is 11.1 Å². The molecule has 0 spiro atoms. The number of unbranched alkanes of at least 4 members (excludes halogenated alkanes) is 7. The Labute approximate surface area is 175 Å². The van der Waals surface area contributed by atoms with Crippen molar-refractivity contribution in [3.63, 3.8) is 0 Å². The van der Waals surface area contributed by atoms with Gasteiger partial charge in [0.15, 0.2) is 5.13 Å². The Hall–Kier alpha value is -1.54. The standard InChI is InChI=1S/C23H38N2O2S/c1-22(2,3)17-15-13-11-9-7-8-10-12-14-16-19-18-24-20(28-19)25-21(26)27-23(4,5)6/h18H,7-13,15,17H2,1-6H3,(H,24,25,26). The molecule has 0 bridgehead atoms. The van der Waals surface area contributed by atoms with Gasteiger partial charge in [0.1, 0.15) is 5.60 Å². The van der Waals surface area contributed by atoms with Crippen LogP contribution in [0.25, 0.3) is 0 Å². The zero-order valence-corrected chi connectivity index (χ0v) is 19.4. The molecule has 1 amide bonds. The Bertz CT molecular complexity index is 642. The lowest BCUT2D eigenvalue weighted by Crippen LogP contribution is -2.27. The second kappa shape index (κ2) is 12.1. The number of thiazole rings is 1. The molecule has 0 fully saturated rings. The van der Waals surface area contributed by atoms with Crippen LogP contribution in [0.3, 0.4) is 0 Å². The Morgan fingerprint density at radius 2 is 1.64 bits per heavy atom. The van der Waals surface area contributed by atoms with Crippen LogP contribution < -0.4 is 5.32 Å².